The quantitative estimate of drug-likeness (QED) is 0.647. The first-order chi connectivity index (χ1) is 13.5. The minimum absolute atomic E-state index is 0.0365. The Morgan fingerprint density at radius 2 is 1.96 bits per heavy atom. The summed E-state index contributed by atoms with van der Waals surface area (Å²) in [7, 11) is 0. The summed E-state index contributed by atoms with van der Waals surface area (Å²) >= 11 is 2.69. The minimum Gasteiger partial charge on any atom is -0.321 e. The Balaban J connectivity index is 1.62. The molecule has 0 spiro atoms. The van der Waals surface area contributed by atoms with Crippen LogP contribution in [0.15, 0.2) is 60.0 Å². The first-order valence-electron chi connectivity index (χ1n) is 8.36. The fraction of sp³-hybridized carbons (Fsp3) is 0.100. The maximum Gasteiger partial charge on any atom is 0.265 e. The molecule has 2 amide bonds. The topological polar surface area (TPSA) is 49.4 Å². The molecular formula is C20H14F2N2O2S2. The van der Waals surface area contributed by atoms with Gasteiger partial charge in [0.2, 0.25) is 5.91 Å². The average molecular weight is 416 g/mol. The van der Waals surface area contributed by atoms with Crippen LogP contribution in [0.25, 0.3) is 0 Å². The molecule has 0 radical (unpaired) electrons. The summed E-state index contributed by atoms with van der Waals surface area (Å²) in [4.78, 5) is 26.6. The van der Waals surface area contributed by atoms with Crippen LogP contribution in [0.2, 0.25) is 0 Å². The van der Waals surface area contributed by atoms with E-state index in [1.807, 2.05) is 11.4 Å². The third-order valence-corrected chi connectivity index (χ3v) is 6.29. The van der Waals surface area contributed by atoms with Crippen LogP contribution in [-0.4, -0.2) is 17.6 Å². The van der Waals surface area contributed by atoms with Gasteiger partial charge in [0, 0.05) is 11.8 Å². The van der Waals surface area contributed by atoms with E-state index in [0.717, 1.165) is 17.7 Å². The van der Waals surface area contributed by atoms with Crippen molar-refractivity contribution in [1.29, 1.82) is 0 Å². The van der Waals surface area contributed by atoms with Crippen LogP contribution in [0.4, 0.5) is 20.2 Å². The number of amides is 2. The van der Waals surface area contributed by atoms with Gasteiger partial charge in [-0.25, -0.2) is 8.78 Å². The number of thiophene rings is 1. The van der Waals surface area contributed by atoms with Crippen LogP contribution in [0.3, 0.4) is 0 Å². The zero-order valence-electron chi connectivity index (χ0n) is 14.4. The Morgan fingerprint density at radius 3 is 2.71 bits per heavy atom. The van der Waals surface area contributed by atoms with Crippen molar-refractivity contribution < 1.29 is 18.4 Å². The van der Waals surface area contributed by atoms with E-state index in [9.17, 15) is 18.4 Å². The minimum atomic E-state index is -0.789. The summed E-state index contributed by atoms with van der Waals surface area (Å²) < 4.78 is 27.5. The van der Waals surface area contributed by atoms with Crippen LogP contribution >= 0.6 is 23.1 Å². The second-order valence-corrected chi connectivity index (χ2v) is 8.10. The fourth-order valence-electron chi connectivity index (χ4n) is 2.98. The van der Waals surface area contributed by atoms with Gasteiger partial charge >= 0.3 is 0 Å². The molecule has 4 rings (SSSR count). The van der Waals surface area contributed by atoms with Gasteiger partial charge in [-0.2, -0.15) is 0 Å². The van der Waals surface area contributed by atoms with E-state index in [1.54, 1.807) is 30.3 Å². The highest BCUT2D eigenvalue weighted by Crippen LogP contribution is 2.43. The van der Waals surface area contributed by atoms with Crippen molar-refractivity contribution in [3.63, 3.8) is 0 Å². The number of thioether (sulfide) groups is 1. The van der Waals surface area contributed by atoms with E-state index >= 15 is 0 Å². The molecule has 3 aromatic rings. The van der Waals surface area contributed by atoms with Gasteiger partial charge in [-0.1, -0.05) is 18.2 Å². The lowest BCUT2D eigenvalue weighted by molar-refractivity contribution is -0.115. The Kier molecular flexibility index (Phi) is 5.15. The van der Waals surface area contributed by atoms with Gasteiger partial charge < -0.3 is 5.32 Å². The van der Waals surface area contributed by atoms with Crippen LogP contribution in [0.5, 0.6) is 0 Å². The summed E-state index contributed by atoms with van der Waals surface area (Å²) in [5.74, 6) is -1.77. The monoisotopic (exact) mass is 416 g/mol. The first kappa shape index (κ1) is 18.6. The summed E-state index contributed by atoms with van der Waals surface area (Å²) in [5, 5.41) is 4.18. The van der Waals surface area contributed by atoms with Crippen molar-refractivity contribution >= 4 is 46.3 Å². The van der Waals surface area contributed by atoms with Crippen LogP contribution in [-0.2, 0) is 4.79 Å². The van der Waals surface area contributed by atoms with E-state index in [0.29, 0.717) is 10.6 Å². The van der Waals surface area contributed by atoms with Crippen LogP contribution in [0, 0.1) is 11.6 Å². The van der Waals surface area contributed by atoms with Gasteiger partial charge in [-0.05, 0) is 41.3 Å². The van der Waals surface area contributed by atoms with Gasteiger partial charge in [-0.15, -0.1) is 23.1 Å². The van der Waals surface area contributed by atoms with Crippen molar-refractivity contribution in [2.45, 2.75) is 5.37 Å². The number of anilines is 2. The van der Waals surface area contributed by atoms with Crippen molar-refractivity contribution in [1.82, 2.24) is 0 Å². The van der Waals surface area contributed by atoms with Crippen LogP contribution < -0.4 is 10.2 Å². The van der Waals surface area contributed by atoms with E-state index in [4.69, 9.17) is 0 Å². The van der Waals surface area contributed by atoms with E-state index in [1.165, 1.54) is 34.1 Å². The molecule has 0 aliphatic carbocycles. The number of halogens is 2. The normalized spacial score (nSPS) is 16.4. The summed E-state index contributed by atoms with van der Waals surface area (Å²) in [6.45, 7) is 0. The Hall–Kier alpha value is -2.71. The zero-order chi connectivity index (χ0) is 19.7. The molecule has 0 bridgehead atoms. The van der Waals surface area contributed by atoms with E-state index in [2.05, 4.69) is 5.32 Å². The molecule has 1 aliphatic rings. The van der Waals surface area contributed by atoms with E-state index in [-0.39, 0.29) is 23.3 Å². The number of carbonyl (C=O) groups excluding carboxylic acids is 2. The number of nitrogens with one attached hydrogen (secondary N) is 1. The predicted molar refractivity (Wildman–Crippen MR) is 108 cm³/mol. The molecule has 0 saturated carbocycles. The van der Waals surface area contributed by atoms with Gasteiger partial charge in [0.25, 0.3) is 5.91 Å². The number of hydrogen-bond donors (Lipinski definition) is 1. The van der Waals surface area contributed by atoms with Crippen molar-refractivity contribution in [2.24, 2.45) is 0 Å². The van der Waals surface area contributed by atoms with Crippen molar-refractivity contribution in [2.75, 3.05) is 16.0 Å². The van der Waals surface area contributed by atoms with Gasteiger partial charge in [0.1, 0.15) is 17.0 Å². The van der Waals surface area contributed by atoms with Gasteiger partial charge in [0.15, 0.2) is 0 Å². The molecule has 1 N–H and O–H groups in total. The maximum absolute atomic E-state index is 14.3. The SMILES string of the molecule is O=C(Nc1cccc([C@H]2SCC(=O)N2c2ccc(F)cc2F)c1)c1cccs1. The highest BCUT2D eigenvalue weighted by Gasteiger charge is 2.35. The zero-order valence-corrected chi connectivity index (χ0v) is 16.0. The molecule has 1 aliphatic heterocycles. The molecule has 2 heterocycles. The molecule has 142 valence electrons. The largest absolute Gasteiger partial charge is 0.321 e. The van der Waals surface area contributed by atoms with Crippen molar-refractivity contribution in [3.05, 3.63) is 82.1 Å². The third kappa shape index (κ3) is 3.65. The second kappa shape index (κ2) is 7.73. The van der Waals surface area contributed by atoms with Crippen molar-refractivity contribution in [3.8, 4) is 0 Å². The first-order valence-corrected chi connectivity index (χ1v) is 10.3. The summed E-state index contributed by atoms with van der Waals surface area (Å²) in [5.41, 5.74) is 1.35. The standard InChI is InChI=1S/C20H14F2N2O2S2/c21-13-6-7-16(15(22)10-13)24-18(25)11-28-20(24)12-3-1-4-14(9-12)23-19(26)17-5-2-8-27-17/h1-10,20H,11H2,(H,23,26)/t20-/m1/s1. The lowest BCUT2D eigenvalue weighted by atomic mass is 10.1. The van der Waals surface area contributed by atoms with Gasteiger partial charge in [-0.3, -0.25) is 14.5 Å². The molecule has 8 heteroatoms. The molecule has 2 aromatic carbocycles. The number of nitrogens with zero attached hydrogens (tertiary/aromatic N) is 1. The lowest BCUT2D eigenvalue weighted by Crippen LogP contribution is -2.28. The number of benzene rings is 2. The highest BCUT2D eigenvalue weighted by molar-refractivity contribution is 8.00. The predicted octanol–water partition coefficient (Wildman–Crippen LogP) is 5.06. The lowest BCUT2D eigenvalue weighted by Gasteiger charge is -2.25. The maximum atomic E-state index is 14.3. The third-order valence-electron chi connectivity index (χ3n) is 4.21. The molecule has 1 aromatic heterocycles. The second-order valence-electron chi connectivity index (χ2n) is 6.08. The molecule has 1 saturated heterocycles. The van der Waals surface area contributed by atoms with Gasteiger partial charge in [0.05, 0.1) is 16.3 Å². The summed E-state index contributed by atoms with van der Waals surface area (Å²) in [6, 6.07) is 13.8. The fourth-order valence-corrected chi connectivity index (χ4v) is 4.76. The molecule has 0 unspecified atom stereocenters. The summed E-state index contributed by atoms with van der Waals surface area (Å²) in [6.07, 6.45) is 0. The van der Waals surface area contributed by atoms with Crippen LogP contribution in [0.1, 0.15) is 20.6 Å². The molecule has 1 atom stereocenters. The number of rotatable bonds is 4. The highest BCUT2D eigenvalue weighted by atomic mass is 32.2. The molecular weight excluding hydrogens is 402 g/mol. The molecule has 28 heavy (non-hydrogen) atoms. The molecule has 1 fully saturated rings. The van der Waals surface area contributed by atoms with E-state index < -0.39 is 17.0 Å². The molecule has 4 nitrogen and oxygen atoms in total. The number of carbonyl (C=O) groups is 2. The Bertz CT molecular complexity index is 1040. The Labute approximate surface area is 168 Å². The smallest absolute Gasteiger partial charge is 0.265 e. The average Bonchev–Trinajstić information content (AvgIpc) is 3.32. The number of hydrogen-bond acceptors (Lipinski definition) is 4. The Morgan fingerprint density at radius 1 is 1.11 bits per heavy atom.